The molecule has 1 heterocycles. The largest absolute Gasteiger partial charge is 0.281 e. The predicted molar refractivity (Wildman–Crippen MR) is 113 cm³/mol. The van der Waals surface area contributed by atoms with Crippen LogP contribution in [0.15, 0.2) is 79.1 Å². The molecule has 1 aliphatic heterocycles. The molecule has 3 aromatic rings. The van der Waals surface area contributed by atoms with Gasteiger partial charge in [-0.2, -0.15) is 0 Å². The van der Waals surface area contributed by atoms with Crippen LogP contribution in [0.4, 0.5) is 0 Å². The second-order valence-corrected chi connectivity index (χ2v) is 9.81. The minimum Gasteiger partial charge on any atom is -0.281 e. The van der Waals surface area contributed by atoms with E-state index in [-0.39, 0.29) is 5.12 Å². The van der Waals surface area contributed by atoms with Crippen LogP contribution in [0, 0.1) is 0 Å². The van der Waals surface area contributed by atoms with Crippen LogP contribution >= 0.6 is 70.1 Å². The molecule has 3 aromatic carbocycles. The summed E-state index contributed by atoms with van der Waals surface area (Å²) in [6, 6.07) is 16.8. The molecule has 0 amide bonds. The van der Waals surface area contributed by atoms with Gasteiger partial charge in [0.05, 0.1) is 15.1 Å². The van der Waals surface area contributed by atoms with Crippen LogP contribution in [0.1, 0.15) is 10.4 Å². The third kappa shape index (κ3) is 3.77. The Hall–Kier alpha value is -0.750. The Morgan fingerprint density at radius 2 is 1.23 bits per heavy atom. The summed E-state index contributed by atoms with van der Waals surface area (Å²) in [6.45, 7) is 0. The van der Waals surface area contributed by atoms with Crippen molar-refractivity contribution >= 4 is 75.2 Å². The summed E-state index contributed by atoms with van der Waals surface area (Å²) in [5, 5.41) is 1.60. The molecule has 1 aliphatic rings. The highest BCUT2D eigenvalue weighted by atomic mass is 35.5. The molecule has 0 radical (unpaired) electrons. The Bertz CT molecular complexity index is 1020. The van der Waals surface area contributed by atoms with Crippen molar-refractivity contribution in [2.24, 2.45) is 0 Å². The molecule has 0 bridgehead atoms. The first-order chi connectivity index (χ1) is 12.5. The van der Waals surface area contributed by atoms with Gasteiger partial charge in [0.2, 0.25) is 5.12 Å². The van der Waals surface area contributed by atoms with Gasteiger partial charge in [-0.25, -0.2) is 0 Å². The molecule has 0 saturated heterocycles. The Morgan fingerprint density at radius 3 is 1.81 bits per heavy atom. The average Bonchev–Trinajstić information content (AvgIpc) is 2.63. The molecule has 0 atom stereocenters. The van der Waals surface area contributed by atoms with Crippen LogP contribution in [0.2, 0.25) is 15.1 Å². The number of halogens is 3. The lowest BCUT2D eigenvalue weighted by Gasteiger charge is -2.20. The van der Waals surface area contributed by atoms with Crippen molar-refractivity contribution in [1.82, 2.24) is 0 Å². The van der Waals surface area contributed by atoms with Crippen molar-refractivity contribution in [1.29, 1.82) is 0 Å². The van der Waals surface area contributed by atoms with Crippen molar-refractivity contribution in [2.75, 3.05) is 0 Å². The zero-order valence-electron chi connectivity index (χ0n) is 13.0. The quantitative estimate of drug-likeness (QED) is 0.283. The molecule has 0 saturated carbocycles. The Balaban J connectivity index is 1.65. The average molecular weight is 456 g/mol. The second kappa shape index (κ2) is 7.70. The van der Waals surface area contributed by atoms with E-state index in [2.05, 4.69) is 0 Å². The number of hydrogen-bond acceptors (Lipinski definition) is 4. The number of carbonyl (C=O) groups is 1. The first-order valence-electron chi connectivity index (χ1n) is 7.47. The second-order valence-electron chi connectivity index (χ2n) is 5.40. The molecule has 1 nitrogen and oxygen atoms in total. The molecule has 0 aliphatic carbocycles. The lowest BCUT2D eigenvalue weighted by molar-refractivity contribution is 0.108. The molecule has 0 unspecified atom stereocenters. The fourth-order valence-electron chi connectivity index (χ4n) is 2.39. The smallest absolute Gasteiger partial charge is 0.224 e. The van der Waals surface area contributed by atoms with Crippen LogP contribution in [-0.2, 0) is 0 Å². The molecule has 26 heavy (non-hydrogen) atoms. The van der Waals surface area contributed by atoms with E-state index in [1.165, 1.54) is 0 Å². The standard InChI is InChI=1S/C19H9Cl3OS3/c20-11-6-15-16(7-12(11)21)25-18-9-14(13(22)8-17(18)24-15)26-19(23)10-4-2-1-3-5-10/h1-9H. The number of carbonyl (C=O) groups excluding carboxylic acids is 1. The van der Waals surface area contributed by atoms with Crippen LogP contribution in [0.3, 0.4) is 0 Å². The summed E-state index contributed by atoms with van der Waals surface area (Å²) < 4.78 is 0. The van der Waals surface area contributed by atoms with Gasteiger partial charge >= 0.3 is 0 Å². The van der Waals surface area contributed by atoms with Gasteiger partial charge in [0.1, 0.15) is 0 Å². The SMILES string of the molecule is O=C(Sc1cc2c(cc1Cl)Sc1cc(Cl)c(Cl)cc1S2)c1ccccc1. The highest BCUT2D eigenvalue weighted by Gasteiger charge is 2.22. The van der Waals surface area contributed by atoms with Gasteiger partial charge in [-0.3, -0.25) is 4.79 Å². The number of fused-ring (bicyclic) bond motifs is 2. The number of benzene rings is 3. The van der Waals surface area contributed by atoms with Gasteiger partial charge < -0.3 is 0 Å². The number of rotatable bonds is 2. The monoisotopic (exact) mass is 454 g/mol. The lowest BCUT2D eigenvalue weighted by Crippen LogP contribution is -1.95. The zero-order chi connectivity index (χ0) is 18.3. The highest BCUT2D eigenvalue weighted by Crippen LogP contribution is 2.52. The van der Waals surface area contributed by atoms with Crippen molar-refractivity contribution in [3.8, 4) is 0 Å². The van der Waals surface area contributed by atoms with Crippen LogP contribution in [0.25, 0.3) is 0 Å². The third-order valence-corrected chi connectivity index (χ3v) is 8.25. The molecule has 0 N–H and O–H groups in total. The van der Waals surface area contributed by atoms with Crippen molar-refractivity contribution in [3.05, 3.63) is 75.2 Å². The van der Waals surface area contributed by atoms with Crippen LogP contribution in [0.5, 0.6) is 0 Å². The fraction of sp³-hybridized carbons (Fsp3) is 0. The molecule has 0 aromatic heterocycles. The predicted octanol–water partition coefficient (Wildman–Crippen LogP) is 8.20. The van der Waals surface area contributed by atoms with Gasteiger partial charge in [-0.15, -0.1) is 0 Å². The first-order valence-corrected chi connectivity index (χ1v) is 11.0. The number of hydrogen-bond donors (Lipinski definition) is 0. The highest BCUT2D eigenvalue weighted by molar-refractivity contribution is 8.14. The zero-order valence-corrected chi connectivity index (χ0v) is 17.7. The lowest BCUT2D eigenvalue weighted by atomic mass is 10.2. The maximum atomic E-state index is 12.5. The maximum Gasteiger partial charge on any atom is 0.224 e. The molecule has 7 heteroatoms. The van der Waals surface area contributed by atoms with E-state index in [4.69, 9.17) is 34.8 Å². The number of thioether (sulfide) groups is 1. The maximum absolute atomic E-state index is 12.5. The van der Waals surface area contributed by atoms with E-state index in [0.29, 0.717) is 20.6 Å². The third-order valence-electron chi connectivity index (χ3n) is 3.64. The van der Waals surface area contributed by atoms with E-state index in [9.17, 15) is 4.79 Å². The van der Waals surface area contributed by atoms with Gasteiger partial charge in [0, 0.05) is 30.0 Å². The minimum atomic E-state index is -0.0314. The summed E-state index contributed by atoms with van der Waals surface area (Å²) in [7, 11) is 0. The van der Waals surface area contributed by atoms with E-state index in [1.54, 1.807) is 35.7 Å². The normalized spacial score (nSPS) is 12.4. The van der Waals surface area contributed by atoms with Crippen LogP contribution < -0.4 is 0 Å². The summed E-state index contributed by atoms with van der Waals surface area (Å²) in [5.41, 5.74) is 0.653. The van der Waals surface area contributed by atoms with Crippen LogP contribution in [-0.4, -0.2) is 5.12 Å². The molecule has 130 valence electrons. The topological polar surface area (TPSA) is 17.1 Å². The van der Waals surface area contributed by atoms with Gasteiger partial charge in [-0.05, 0) is 36.0 Å². The Morgan fingerprint density at radius 1 is 0.731 bits per heavy atom. The van der Waals surface area contributed by atoms with E-state index < -0.39 is 0 Å². The van der Waals surface area contributed by atoms with Crippen molar-refractivity contribution in [3.63, 3.8) is 0 Å². The fourth-order valence-corrected chi connectivity index (χ4v) is 6.38. The Labute approximate surface area is 178 Å². The Kier molecular flexibility index (Phi) is 5.51. The molecule has 0 spiro atoms. The van der Waals surface area contributed by atoms with Gasteiger partial charge in [-0.1, -0.05) is 88.7 Å². The molecule has 4 rings (SSSR count). The summed E-state index contributed by atoms with van der Waals surface area (Å²) >= 11 is 23.0. The minimum absolute atomic E-state index is 0.0314. The van der Waals surface area contributed by atoms with Crippen molar-refractivity contribution in [2.45, 2.75) is 24.5 Å². The van der Waals surface area contributed by atoms with Crippen molar-refractivity contribution < 1.29 is 4.79 Å². The van der Waals surface area contributed by atoms with Gasteiger partial charge in [0.15, 0.2) is 0 Å². The van der Waals surface area contributed by atoms with E-state index >= 15 is 0 Å². The van der Waals surface area contributed by atoms with E-state index in [1.807, 2.05) is 42.5 Å². The molecular formula is C19H9Cl3OS3. The van der Waals surface area contributed by atoms with E-state index in [0.717, 1.165) is 36.2 Å². The van der Waals surface area contributed by atoms with Gasteiger partial charge in [0.25, 0.3) is 0 Å². The summed E-state index contributed by atoms with van der Waals surface area (Å²) in [6.07, 6.45) is 0. The summed E-state index contributed by atoms with van der Waals surface area (Å²) in [5.74, 6) is 0. The molecule has 0 fully saturated rings. The summed E-state index contributed by atoms with van der Waals surface area (Å²) in [4.78, 5) is 17.4. The first kappa shape index (κ1) is 18.6. The molecular weight excluding hydrogens is 447 g/mol.